The fourth-order valence-electron chi connectivity index (χ4n) is 4.49. The lowest BCUT2D eigenvalue weighted by atomic mass is 10.0. The lowest BCUT2D eigenvalue weighted by Gasteiger charge is -2.20. The fraction of sp³-hybridized carbons (Fsp3) is 0.464. The third-order valence-corrected chi connectivity index (χ3v) is 7.92. The van der Waals surface area contributed by atoms with Gasteiger partial charge in [-0.15, -0.1) is 0 Å². The maximum Gasteiger partial charge on any atom is 0.244 e. The van der Waals surface area contributed by atoms with E-state index in [1.807, 2.05) is 49.9 Å². The van der Waals surface area contributed by atoms with Crippen LogP contribution < -0.4 is 4.72 Å². The summed E-state index contributed by atoms with van der Waals surface area (Å²) in [6.45, 7) is 7.19. The molecule has 0 saturated carbocycles. The second kappa shape index (κ2) is 13.2. The number of likely N-dealkylation sites (tertiary alicyclic amines) is 1. The average molecular weight is 531 g/mol. The van der Waals surface area contributed by atoms with Gasteiger partial charge >= 0.3 is 0 Å². The Morgan fingerprint density at radius 1 is 1.14 bits per heavy atom. The standard InChI is InChI=1S/C28H38N2O6S/c1-6-9-22(14-15-29-37(32,33)28-11-8-7-10-25(28)34-4)36-27-19-30(18-26(27)35-5)17-24(31)23-16-20(2)12-13-21(23)3/h6,9-14,16,26-27,29H,7-8,15,17-19H2,1-5H3/b9-6-,22-14+/t26-,27-/m1/s1. The Balaban J connectivity index is 1.64. The first-order valence-electron chi connectivity index (χ1n) is 12.5. The average Bonchev–Trinajstić information content (AvgIpc) is 3.26. The summed E-state index contributed by atoms with van der Waals surface area (Å²) in [6.07, 6.45) is 9.61. The molecule has 2 atom stereocenters. The predicted molar refractivity (Wildman–Crippen MR) is 145 cm³/mol. The van der Waals surface area contributed by atoms with Gasteiger partial charge in [0.25, 0.3) is 0 Å². The third-order valence-electron chi connectivity index (χ3n) is 6.43. The molecule has 1 aliphatic carbocycles. The number of carbonyl (C=O) groups excluding carboxylic acids is 1. The second-order valence-electron chi connectivity index (χ2n) is 9.24. The van der Waals surface area contributed by atoms with Crippen molar-refractivity contribution in [1.82, 2.24) is 9.62 Å². The molecule has 202 valence electrons. The Bertz CT molecular complexity index is 1200. The van der Waals surface area contributed by atoms with Gasteiger partial charge in [0.2, 0.25) is 10.0 Å². The van der Waals surface area contributed by atoms with E-state index in [0.717, 1.165) is 23.1 Å². The van der Waals surface area contributed by atoms with E-state index in [1.54, 1.807) is 31.4 Å². The Morgan fingerprint density at radius 2 is 1.86 bits per heavy atom. The highest BCUT2D eigenvalue weighted by atomic mass is 32.2. The molecule has 1 fully saturated rings. The normalized spacial score (nSPS) is 21.2. The van der Waals surface area contributed by atoms with Crippen LogP contribution in [0.25, 0.3) is 0 Å². The zero-order valence-corrected chi connectivity index (χ0v) is 23.1. The van der Waals surface area contributed by atoms with Gasteiger partial charge in [0, 0.05) is 32.3 Å². The highest BCUT2D eigenvalue weighted by molar-refractivity contribution is 7.93. The molecule has 0 aromatic heterocycles. The van der Waals surface area contributed by atoms with Gasteiger partial charge in [-0.25, -0.2) is 13.1 Å². The largest absolute Gasteiger partial charge is 0.496 e. The molecule has 0 radical (unpaired) electrons. The summed E-state index contributed by atoms with van der Waals surface area (Å²) >= 11 is 0. The van der Waals surface area contributed by atoms with Gasteiger partial charge in [-0.1, -0.05) is 29.8 Å². The Kier molecular flexibility index (Phi) is 10.3. The smallest absolute Gasteiger partial charge is 0.244 e. The Hall–Kier alpha value is -2.72. The quantitative estimate of drug-likeness (QED) is 0.250. The molecular formula is C28H38N2O6S. The summed E-state index contributed by atoms with van der Waals surface area (Å²) in [5.41, 5.74) is 2.75. The summed E-state index contributed by atoms with van der Waals surface area (Å²) in [4.78, 5) is 15.2. The van der Waals surface area contributed by atoms with Crippen LogP contribution in [0.15, 0.2) is 65.0 Å². The van der Waals surface area contributed by atoms with E-state index in [2.05, 4.69) is 4.72 Å². The summed E-state index contributed by atoms with van der Waals surface area (Å²) in [6, 6.07) is 5.90. The minimum atomic E-state index is -3.73. The number of carbonyl (C=O) groups is 1. The molecule has 1 aromatic rings. The highest BCUT2D eigenvalue weighted by Crippen LogP contribution is 2.24. The maximum atomic E-state index is 13.0. The van der Waals surface area contributed by atoms with E-state index in [0.29, 0.717) is 31.0 Å². The van der Waals surface area contributed by atoms with Crippen LogP contribution in [0.2, 0.25) is 0 Å². The number of rotatable bonds is 12. The maximum absolute atomic E-state index is 13.0. The molecule has 1 aromatic carbocycles. The molecule has 9 heteroatoms. The van der Waals surface area contributed by atoms with Gasteiger partial charge < -0.3 is 14.2 Å². The molecule has 0 bridgehead atoms. The lowest BCUT2D eigenvalue weighted by Crippen LogP contribution is -2.30. The topological polar surface area (TPSA) is 94.2 Å². The fourth-order valence-corrected chi connectivity index (χ4v) is 5.72. The van der Waals surface area contributed by atoms with Crippen LogP contribution in [0, 0.1) is 13.8 Å². The molecule has 3 rings (SSSR count). The van der Waals surface area contributed by atoms with Crippen molar-refractivity contribution in [2.24, 2.45) is 0 Å². The van der Waals surface area contributed by atoms with Gasteiger partial charge in [-0.2, -0.15) is 0 Å². The van der Waals surface area contributed by atoms with Crippen LogP contribution in [-0.4, -0.2) is 71.7 Å². The van der Waals surface area contributed by atoms with Crippen LogP contribution in [-0.2, 0) is 24.2 Å². The number of sulfonamides is 1. The monoisotopic (exact) mass is 530 g/mol. The zero-order chi connectivity index (χ0) is 27.0. The molecule has 0 spiro atoms. The SMILES string of the molecule is C/C=C\C(=C/CNS(=O)(=O)C1=CCCC=C1OC)O[C@@H]1CN(CC(=O)c2cc(C)ccc2C)C[C@H]1OC. The summed E-state index contributed by atoms with van der Waals surface area (Å²) < 4.78 is 45.3. The number of allylic oxidation sites excluding steroid dienone is 4. The van der Waals surface area contributed by atoms with Gasteiger partial charge in [0.05, 0.1) is 13.7 Å². The van der Waals surface area contributed by atoms with Gasteiger partial charge in [0.15, 0.2) is 5.78 Å². The lowest BCUT2D eigenvalue weighted by molar-refractivity contribution is 0.00521. The number of hydrogen-bond donors (Lipinski definition) is 1. The van der Waals surface area contributed by atoms with E-state index in [1.165, 1.54) is 7.11 Å². The Morgan fingerprint density at radius 3 is 2.57 bits per heavy atom. The van der Waals surface area contributed by atoms with Gasteiger partial charge in [-0.3, -0.25) is 9.69 Å². The molecular weight excluding hydrogens is 492 g/mol. The minimum absolute atomic E-state index is 0.0511. The predicted octanol–water partition coefficient (Wildman–Crippen LogP) is 3.79. The zero-order valence-electron chi connectivity index (χ0n) is 22.3. The van der Waals surface area contributed by atoms with Crippen molar-refractivity contribution in [3.63, 3.8) is 0 Å². The third kappa shape index (κ3) is 7.64. The number of aryl methyl sites for hydroxylation is 2. The number of benzene rings is 1. The van der Waals surface area contributed by atoms with Crippen LogP contribution in [0.1, 0.15) is 41.3 Å². The molecule has 37 heavy (non-hydrogen) atoms. The number of ketones is 1. The van der Waals surface area contributed by atoms with Gasteiger partial charge in [0.1, 0.15) is 28.6 Å². The molecule has 1 heterocycles. The number of hydrogen-bond acceptors (Lipinski definition) is 7. The van der Waals surface area contributed by atoms with Gasteiger partial charge in [-0.05, 0) is 63.5 Å². The van der Waals surface area contributed by atoms with Crippen molar-refractivity contribution in [3.8, 4) is 0 Å². The first-order chi connectivity index (χ1) is 17.7. The number of nitrogens with one attached hydrogen (secondary N) is 1. The number of nitrogens with zero attached hydrogens (tertiary/aromatic N) is 1. The summed E-state index contributed by atoms with van der Waals surface area (Å²) in [5, 5.41) is 0. The van der Waals surface area contributed by atoms with Crippen molar-refractivity contribution in [2.75, 3.05) is 40.4 Å². The van der Waals surface area contributed by atoms with Crippen molar-refractivity contribution in [1.29, 1.82) is 0 Å². The molecule has 2 aliphatic rings. The molecule has 1 saturated heterocycles. The summed E-state index contributed by atoms with van der Waals surface area (Å²) in [7, 11) is -0.639. The Labute approximate surface area is 220 Å². The van der Waals surface area contributed by atoms with Crippen molar-refractivity contribution in [2.45, 2.75) is 45.8 Å². The number of ether oxygens (including phenoxy) is 3. The minimum Gasteiger partial charge on any atom is -0.496 e. The van der Waals surface area contributed by atoms with Crippen molar-refractivity contribution in [3.05, 3.63) is 81.7 Å². The first-order valence-corrected chi connectivity index (χ1v) is 14.0. The van der Waals surface area contributed by atoms with Crippen molar-refractivity contribution >= 4 is 15.8 Å². The van der Waals surface area contributed by atoms with Crippen molar-refractivity contribution < 1.29 is 27.4 Å². The molecule has 0 unspecified atom stereocenters. The van der Waals surface area contributed by atoms with Crippen LogP contribution >= 0.6 is 0 Å². The van der Waals surface area contributed by atoms with E-state index < -0.39 is 10.0 Å². The first kappa shape index (κ1) is 28.8. The van der Waals surface area contributed by atoms with E-state index in [4.69, 9.17) is 14.2 Å². The number of Topliss-reactive ketones (excluding diaryl/α,β-unsaturated/α-hetero) is 1. The summed E-state index contributed by atoms with van der Waals surface area (Å²) in [5.74, 6) is 0.953. The van der Waals surface area contributed by atoms with Crippen LogP contribution in [0.4, 0.5) is 0 Å². The second-order valence-corrected chi connectivity index (χ2v) is 11.0. The van der Waals surface area contributed by atoms with E-state index in [9.17, 15) is 13.2 Å². The van der Waals surface area contributed by atoms with Crippen LogP contribution in [0.5, 0.6) is 0 Å². The van der Waals surface area contributed by atoms with Crippen LogP contribution in [0.3, 0.4) is 0 Å². The molecule has 1 N–H and O–H groups in total. The van der Waals surface area contributed by atoms with E-state index in [-0.39, 0.29) is 36.0 Å². The molecule has 1 aliphatic heterocycles. The highest BCUT2D eigenvalue weighted by Gasteiger charge is 2.36. The van der Waals surface area contributed by atoms with E-state index >= 15 is 0 Å². The molecule has 8 nitrogen and oxygen atoms in total. The number of methoxy groups -OCH3 is 2. The molecule has 0 amide bonds.